The zero-order valence-electron chi connectivity index (χ0n) is 17.2. The maximum Gasteiger partial charge on any atom is 0.273 e. The number of benzene rings is 2. The van der Waals surface area contributed by atoms with Crippen LogP contribution in [0, 0.1) is 13.8 Å². The predicted octanol–water partition coefficient (Wildman–Crippen LogP) is 3.41. The molecule has 1 aromatic heterocycles. The second-order valence-corrected chi connectivity index (χ2v) is 8.37. The van der Waals surface area contributed by atoms with Crippen molar-refractivity contribution in [2.24, 2.45) is 0 Å². The molecule has 4 rings (SSSR count). The topological polar surface area (TPSA) is 119 Å². The highest BCUT2D eigenvalue weighted by Gasteiger charge is 2.42. The summed E-state index contributed by atoms with van der Waals surface area (Å²) in [6.45, 7) is 3.61. The number of aliphatic hydroxyl groups is 1. The molecule has 0 radical (unpaired) electrons. The van der Waals surface area contributed by atoms with E-state index >= 15 is 0 Å². The highest BCUT2D eigenvalue weighted by atomic mass is 79.9. The number of amides is 1. The number of methoxy groups -OCH3 is 1. The fourth-order valence-electron chi connectivity index (χ4n) is 4.13. The summed E-state index contributed by atoms with van der Waals surface area (Å²) >= 11 is 3.34. The number of aryl methyl sites for hydroxylation is 2. The number of phenols is 2. The number of hydrogen-bond acceptors (Lipinski definition) is 6. The smallest absolute Gasteiger partial charge is 0.273 e. The molecule has 0 spiro atoms. The van der Waals surface area contributed by atoms with Gasteiger partial charge in [0.1, 0.15) is 17.1 Å². The minimum Gasteiger partial charge on any atom is -0.507 e. The normalized spacial score (nSPS) is 15.5. The van der Waals surface area contributed by atoms with Crippen molar-refractivity contribution in [1.29, 1.82) is 0 Å². The van der Waals surface area contributed by atoms with E-state index in [0.717, 1.165) is 5.56 Å². The Labute approximate surface area is 187 Å². The Kier molecular flexibility index (Phi) is 5.40. The molecule has 1 aliphatic rings. The van der Waals surface area contributed by atoms with Crippen LogP contribution in [0.15, 0.2) is 28.7 Å². The fourth-order valence-corrected chi connectivity index (χ4v) is 4.59. The summed E-state index contributed by atoms with van der Waals surface area (Å²) in [7, 11) is 1.44. The lowest BCUT2D eigenvalue weighted by atomic mass is 9.94. The molecule has 0 unspecified atom stereocenters. The van der Waals surface area contributed by atoms with Crippen molar-refractivity contribution >= 4 is 21.8 Å². The SMILES string of the molecule is COc1cc([C@H]2c3c(-c4cc(C)cc(C)c4O)n[nH]c3C(=O)N2CCO)cc(Br)c1O. The van der Waals surface area contributed by atoms with E-state index in [-0.39, 0.29) is 36.3 Å². The van der Waals surface area contributed by atoms with Crippen molar-refractivity contribution < 1.29 is 24.9 Å². The van der Waals surface area contributed by atoms with Crippen LogP contribution in [0.1, 0.15) is 38.8 Å². The van der Waals surface area contributed by atoms with Crippen LogP contribution >= 0.6 is 15.9 Å². The van der Waals surface area contributed by atoms with E-state index in [0.29, 0.717) is 38.1 Å². The van der Waals surface area contributed by atoms with Crippen LogP contribution in [-0.2, 0) is 0 Å². The average molecular weight is 488 g/mol. The highest BCUT2D eigenvalue weighted by Crippen LogP contribution is 2.47. The molecule has 3 aromatic rings. The van der Waals surface area contributed by atoms with Gasteiger partial charge in [-0.25, -0.2) is 0 Å². The maximum atomic E-state index is 13.1. The van der Waals surface area contributed by atoms with Crippen molar-refractivity contribution in [2.75, 3.05) is 20.3 Å². The van der Waals surface area contributed by atoms with Crippen molar-refractivity contribution in [3.63, 3.8) is 0 Å². The highest BCUT2D eigenvalue weighted by molar-refractivity contribution is 9.10. The number of nitrogens with zero attached hydrogens (tertiary/aromatic N) is 2. The monoisotopic (exact) mass is 487 g/mol. The minimum absolute atomic E-state index is 0.0520. The molecular weight excluding hydrogens is 466 g/mol. The minimum atomic E-state index is -0.602. The molecule has 31 heavy (non-hydrogen) atoms. The third-order valence-corrected chi connectivity index (χ3v) is 6.10. The third-order valence-electron chi connectivity index (χ3n) is 5.49. The van der Waals surface area contributed by atoms with E-state index in [2.05, 4.69) is 26.1 Å². The van der Waals surface area contributed by atoms with Gasteiger partial charge in [-0.15, -0.1) is 0 Å². The van der Waals surface area contributed by atoms with Gasteiger partial charge in [0.15, 0.2) is 11.5 Å². The molecule has 0 aliphatic carbocycles. The molecule has 1 atom stereocenters. The van der Waals surface area contributed by atoms with Gasteiger partial charge in [-0.1, -0.05) is 6.07 Å². The first-order valence-electron chi connectivity index (χ1n) is 9.65. The molecule has 0 saturated heterocycles. The molecule has 162 valence electrons. The third kappa shape index (κ3) is 3.34. The van der Waals surface area contributed by atoms with Gasteiger partial charge in [-0.05, 0) is 64.7 Å². The van der Waals surface area contributed by atoms with Crippen LogP contribution < -0.4 is 4.74 Å². The molecule has 0 bridgehead atoms. The summed E-state index contributed by atoms with van der Waals surface area (Å²) in [5, 5.41) is 37.7. The number of halogens is 1. The number of carbonyl (C=O) groups is 1. The molecule has 1 aliphatic heterocycles. The van der Waals surface area contributed by atoms with Crippen LogP contribution in [0.4, 0.5) is 0 Å². The number of aromatic hydroxyl groups is 2. The van der Waals surface area contributed by atoms with Gasteiger partial charge in [0.05, 0.1) is 24.2 Å². The van der Waals surface area contributed by atoms with E-state index in [9.17, 15) is 20.1 Å². The van der Waals surface area contributed by atoms with Crippen molar-refractivity contribution in [3.8, 4) is 28.5 Å². The Morgan fingerprint density at radius 3 is 2.61 bits per heavy atom. The van der Waals surface area contributed by atoms with E-state index in [1.54, 1.807) is 19.1 Å². The lowest BCUT2D eigenvalue weighted by Gasteiger charge is -2.26. The van der Waals surface area contributed by atoms with Gasteiger partial charge in [0.2, 0.25) is 0 Å². The van der Waals surface area contributed by atoms with E-state index < -0.39 is 6.04 Å². The summed E-state index contributed by atoms with van der Waals surface area (Å²) in [6.07, 6.45) is 0. The number of hydrogen-bond donors (Lipinski definition) is 4. The van der Waals surface area contributed by atoms with Gasteiger partial charge in [-0.3, -0.25) is 9.89 Å². The summed E-state index contributed by atoms with van der Waals surface area (Å²) in [4.78, 5) is 14.7. The second kappa shape index (κ2) is 7.90. The first-order valence-corrected chi connectivity index (χ1v) is 10.4. The lowest BCUT2D eigenvalue weighted by molar-refractivity contribution is 0.0706. The zero-order chi connectivity index (χ0) is 22.4. The standard InChI is InChI=1S/C22H22BrN3O5/c1-10-6-11(2)20(28)13(7-10)17-16-18(25-24-17)22(30)26(4-5-27)19(16)12-8-14(23)21(29)15(9-12)31-3/h6-9,19,27-29H,4-5H2,1-3H3,(H,24,25)/t19-/m0/s1. The molecular formula is C22H22BrN3O5. The van der Waals surface area contributed by atoms with Gasteiger partial charge in [-0.2, -0.15) is 5.10 Å². The number of carbonyl (C=O) groups excluding carboxylic acids is 1. The Morgan fingerprint density at radius 1 is 1.19 bits per heavy atom. The number of nitrogens with one attached hydrogen (secondary N) is 1. The molecule has 4 N–H and O–H groups in total. The number of phenolic OH excluding ortho intramolecular Hbond substituents is 2. The number of aromatic nitrogens is 2. The number of aromatic amines is 1. The number of fused-ring (bicyclic) bond motifs is 1. The number of rotatable bonds is 5. The second-order valence-electron chi connectivity index (χ2n) is 7.52. The van der Waals surface area contributed by atoms with Gasteiger partial charge < -0.3 is 25.0 Å². The molecule has 0 fully saturated rings. The van der Waals surface area contributed by atoms with Crippen LogP contribution in [0.2, 0.25) is 0 Å². The molecule has 0 saturated carbocycles. The summed E-state index contributed by atoms with van der Waals surface area (Å²) in [5.74, 6) is -0.0200. The predicted molar refractivity (Wildman–Crippen MR) is 117 cm³/mol. The van der Waals surface area contributed by atoms with Gasteiger partial charge >= 0.3 is 0 Å². The van der Waals surface area contributed by atoms with Gasteiger partial charge in [0.25, 0.3) is 5.91 Å². The van der Waals surface area contributed by atoms with Crippen LogP contribution in [0.5, 0.6) is 17.2 Å². The van der Waals surface area contributed by atoms with Crippen molar-refractivity contribution in [1.82, 2.24) is 15.1 Å². The Morgan fingerprint density at radius 2 is 1.94 bits per heavy atom. The zero-order valence-corrected chi connectivity index (χ0v) is 18.8. The largest absolute Gasteiger partial charge is 0.507 e. The Bertz CT molecular complexity index is 1190. The number of H-pyrrole nitrogens is 1. The quantitative estimate of drug-likeness (QED) is 0.437. The average Bonchev–Trinajstić information content (AvgIpc) is 3.27. The first kappa shape index (κ1) is 21.2. The Hall–Kier alpha value is -3.04. The fraction of sp³-hybridized carbons (Fsp3) is 0.273. The summed E-state index contributed by atoms with van der Waals surface area (Å²) < 4.78 is 5.70. The molecule has 9 heteroatoms. The van der Waals surface area contributed by atoms with Crippen molar-refractivity contribution in [3.05, 3.63) is 56.7 Å². The maximum absolute atomic E-state index is 13.1. The Balaban J connectivity index is 1.97. The van der Waals surface area contributed by atoms with E-state index in [1.165, 1.54) is 12.0 Å². The first-order chi connectivity index (χ1) is 14.8. The summed E-state index contributed by atoms with van der Waals surface area (Å²) in [5.41, 5.74) is 4.19. The lowest BCUT2D eigenvalue weighted by Crippen LogP contribution is -2.32. The number of aliphatic hydroxyl groups excluding tert-OH is 1. The van der Waals surface area contributed by atoms with E-state index in [1.807, 2.05) is 19.1 Å². The summed E-state index contributed by atoms with van der Waals surface area (Å²) in [6, 6.07) is 6.44. The van der Waals surface area contributed by atoms with Crippen LogP contribution in [-0.4, -0.2) is 56.6 Å². The molecule has 2 aromatic carbocycles. The van der Waals surface area contributed by atoms with E-state index in [4.69, 9.17) is 4.74 Å². The van der Waals surface area contributed by atoms with Crippen molar-refractivity contribution in [2.45, 2.75) is 19.9 Å². The molecule has 8 nitrogen and oxygen atoms in total. The number of β-amino-alcohol motifs (C(OH)–C–C–N with tert-alkyl or cyclic N) is 1. The molecule has 2 heterocycles. The molecule has 1 amide bonds. The van der Waals surface area contributed by atoms with Crippen LogP contribution in [0.25, 0.3) is 11.3 Å². The van der Waals surface area contributed by atoms with Crippen LogP contribution in [0.3, 0.4) is 0 Å². The van der Waals surface area contributed by atoms with Gasteiger partial charge in [0, 0.05) is 17.7 Å². The number of ether oxygens (including phenoxy) is 1.